The molecule has 1 aromatic carbocycles. The number of carbonyl (C=O) groups is 1. The van der Waals surface area contributed by atoms with Crippen molar-refractivity contribution in [3.63, 3.8) is 0 Å². The van der Waals surface area contributed by atoms with Crippen molar-refractivity contribution in [1.29, 1.82) is 0 Å². The first-order chi connectivity index (χ1) is 12.6. The summed E-state index contributed by atoms with van der Waals surface area (Å²) < 4.78 is 5.26. The zero-order chi connectivity index (χ0) is 18.4. The summed E-state index contributed by atoms with van der Waals surface area (Å²) in [7, 11) is 0. The van der Waals surface area contributed by atoms with Gasteiger partial charge in [0.2, 0.25) is 17.6 Å². The summed E-state index contributed by atoms with van der Waals surface area (Å²) in [6, 6.07) is 14.0. The fourth-order valence-corrected chi connectivity index (χ4v) is 3.43. The maximum atomic E-state index is 12.4. The molecule has 0 spiro atoms. The molecule has 5 nitrogen and oxygen atoms in total. The van der Waals surface area contributed by atoms with Crippen LogP contribution >= 0.6 is 11.3 Å². The molecule has 136 valence electrons. The summed E-state index contributed by atoms with van der Waals surface area (Å²) in [6.45, 7) is 4.32. The summed E-state index contributed by atoms with van der Waals surface area (Å²) >= 11 is 1.56. The number of hydrogen-bond acceptors (Lipinski definition) is 5. The minimum Gasteiger partial charge on any atom is -0.349 e. The first kappa shape index (κ1) is 18.3. The second kappa shape index (κ2) is 8.76. The molecule has 0 fully saturated rings. The van der Waals surface area contributed by atoms with Crippen LogP contribution in [0.4, 0.5) is 0 Å². The minimum absolute atomic E-state index is 0.00428. The molecule has 2 heterocycles. The molecule has 2 aromatic heterocycles. The van der Waals surface area contributed by atoms with E-state index in [9.17, 15) is 4.79 Å². The Morgan fingerprint density at radius 1 is 1.19 bits per heavy atom. The first-order valence-electron chi connectivity index (χ1n) is 8.82. The highest BCUT2D eigenvalue weighted by Gasteiger charge is 2.17. The van der Waals surface area contributed by atoms with Crippen molar-refractivity contribution in [1.82, 2.24) is 15.5 Å². The molecular formula is C20H23N3O2S. The predicted molar refractivity (Wildman–Crippen MR) is 103 cm³/mol. The number of hydrogen-bond donors (Lipinski definition) is 1. The van der Waals surface area contributed by atoms with E-state index >= 15 is 0 Å². The third-order valence-corrected chi connectivity index (χ3v) is 4.89. The van der Waals surface area contributed by atoms with Gasteiger partial charge in [0.25, 0.3) is 0 Å². The Hall–Kier alpha value is -2.47. The quantitative estimate of drug-likeness (QED) is 0.628. The van der Waals surface area contributed by atoms with Crippen molar-refractivity contribution in [2.75, 3.05) is 0 Å². The van der Waals surface area contributed by atoms with E-state index in [0.717, 1.165) is 16.9 Å². The molecule has 1 N–H and O–H groups in total. The van der Waals surface area contributed by atoms with Gasteiger partial charge in [0.05, 0.1) is 10.9 Å². The van der Waals surface area contributed by atoms with Gasteiger partial charge in [-0.25, -0.2) is 0 Å². The molecule has 1 atom stereocenters. The summed E-state index contributed by atoms with van der Waals surface area (Å²) in [4.78, 5) is 17.7. The van der Waals surface area contributed by atoms with Gasteiger partial charge in [-0.05, 0) is 29.3 Å². The van der Waals surface area contributed by atoms with Crippen LogP contribution in [0.15, 0.2) is 52.4 Å². The fourth-order valence-electron chi connectivity index (χ4n) is 2.78. The van der Waals surface area contributed by atoms with Crippen molar-refractivity contribution >= 4 is 17.2 Å². The van der Waals surface area contributed by atoms with Gasteiger partial charge in [0, 0.05) is 12.8 Å². The third-order valence-electron chi connectivity index (χ3n) is 4.02. The molecule has 1 unspecified atom stereocenters. The molecule has 3 rings (SSSR count). The van der Waals surface area contributed by atoms with Crippen LogP contribution < -0.4 is 5.32 Å². The highest BCUT2D eigenvalue weighted by molar-refractivity contribution is 7.13. The van der Waals surface area contributed by atoms with E-state index in [-0.39, 0.29) is 11.9 Å². The third kappa shape index (κ3) is 5.02. The van der Waals surface area contributed by atoms with Crippen molar-refractivity contribution in [3.8, 4) is 10.7 Å². The van der Waals surface area contributed by atoms with Gasteiger partial charge in [-0.1, -0.05) is 55.4 Å². The second-order valence-corrected chi connectivity index (χ2v) is 7.60. The molecule has 6 heteroatoms. The van der Waals surface area contributed by atoms with Crippen LogP contribution in [-0.4, -0.2) is 16.0 Å². The minimum atomic E-state index is -0.00428. The Kier molecular flexibility index (Phi) is 6.17. The van der Waals surface area contributed by atoms with Crippen LogP contribution in [0.2, 0.25) is 0 Å². The van der Waals surface area contributed by atoms with E-state index in [1.807, 2.05) is 35.7 Å². The highest BCUT2D eigenvalue weighted by atomic mass is 32.1. The zero-order valence-corrected chi connectivity index (χ0v) is 15.8. The summed E-state index contributed by atoms with van der Waals surface area (Å²) in [5.41, 5.74) is 1.13. The van der Waals surface area contributed by atoms with Gasteiger partial charge in [-0.15, -0.1) is 11.3 Å². The Morgan fingerprint density at radius 3 is 2.69 bits per heavy atom. The van der Waals surface area contributed by atoms with Gasteiger partial charge in [-0.2, -0.15) is 4.98 Å². The van der Waals surface area contributed by atoms with E-state index in [0.29, 0.717) is 30.5 Å². The molecular weight excluding hydrogens is 346 g/mol. The Bertz CT molecular complexity index is 813. The number of rotatable bonds is 8. The van der Waals surface area contributed by atoms with Gasteiger partial charge in [-0.3, -0.25) is 4.79 Å². The number of aromatic nitrogens is 2. The molecule has 0 saturated heterocycles. The molecule has 26 heavy (non-hydrogen) atoms. The molecule has 0 aliphatic carbocycles. The van der Waals surface area contributed by atoms with Gasteiger partial charge < -0.3 is 9.84 Å². The fraction of sp³-hybridized carbons (Fsp3) is 0.350. The van der Waals surface area contributed by atoms with E-state index in [1.54, 1.807) is 11.3 Å². The standard InChI is InChI=1S/C20H23N3O2S/c1-14(2)13-16(15-7-4-3-5-8-15)21-18(24)10-11-19-22-20(23-25-19)17-9-6-12-26-17/h3-9,12,14,16H,10-11,13H2,1-2H3,(H,21,24). The van der Waals surface area contributed by atoms with E-state index < -0.39 is 0 Å². The first-order valence-corrected chi connectivity index (χ1v) is 9.70. The Labute approximate surface area is 157 Å². The molecule has 0 saturated carbocycles. The van der Waals surface area contributed by atoms with Crippen LogP contribution in [0.25, 0.3) is 10.7 Å². The van der Waals surface area contributed by atoms with Crippen LogP contribution in [-0.2, 0) is 11.2 Å². The van der Waals surface area contributed by atoms with E-state index in [2.05, 4.69) is 41.4 Å². The van der Waals surface area contributed by atoms with Crippen LogP contribution in [0.1, 0.15) is 44.2 Å². The van der Waals surface area contributed by atoms with Gasteiger partial charge >= 0.3 is 0 Å². The molecule has 0 aliphatic heterocycles. The van der Waals surface area contributed by atoms with Crippen molar-refractivity contribution in [2.24, 2.45) is 5.92 Å². The average Bonchev–Trinajstić information content (AvgIpc) is 3.31. The lowest BCUT2D eigenvalue weighted by molar-refractivity contribution is -0.122. The average molecular weight is 369 g/mol. The van der Waals surface area contributed by atoms with Crippen LogP contribution in [0, 0.1) is 5.92 Å². The number of carbonyl (C=O) groups excluding carboxylic acids is 1. The van der Waals surface area contributed by atoms with Crippen molar-refractivity contribution in [3.05, 3.63) is 59.3 Å². The summed E-state index contributed by atoms with van der Waals surface area (Å²) in [5, 5.41) is 9.09. The maximum Gasteiger partial charge on any atom is 0.227 e. The van der Waals surface area contributed by atoms with Crippen LogP contribution in [0.5, 0.6) is 0 Å². The lowest BCUT2D eigenvalue weighted by Crippen LogP contribution is -2.29. The molecule has 0 bridgehead atoms. The zero-order valence-electron chi connectivity index (χ0n) is 15.0. The molecule has 0 aliphatic rings. The Morgan fingerprint density at radius 2 is 2.00 bits per heavy atom. The van der Waals surface area contributed by atoms with Gasteiger partial charge in [0.15, 0.2) is 0 Å². The summed E-state index contributed by atoms with van der Waals surface area (Å²) in [6.07, 6.45) is 1.67. The normalized spacial score (nSPS) is 12.3. The van der Waals surface area contributed by atoms with Crippen molar-refractivity contribution < 1.29 is 9.32 Å². The van der Waals surface area contributed by atoms with Crippen LogP contribution in [0.3, 0.4) is 0 Å². The number of nitrogens with one attached hydrogen (secondary N) is 1. The number of aryl methyl sites for hydroxylation is 1. The Balaban J connectivity index is 1.57. The summed E-state index contributed by atoms with van der Waals surface area (Å²) in [5.74, 6) is 1.56. The molecule has 1 amide bonds. The van der Waals surface area contributed by atoms with Gasteiger partial charge in [0.1, 0.15) is 0 Å². The number of thiophene rings is 1. The molecule has 3 aromatic rings. The maximum absolute atomic E-state index is 12.4. The number of nitrogens with zero attached hydrogens (tertiary/aromatic N) is 2. The number of benzene rings is 1. The van der Waals surface area contributed by atoms with Crippen molar-refractivity contribution in [2.45, 2.75) is 39.2 Å². The second-order valence-electron chi connectivity index (χ2n) is 6.65. The largest absolute Gasteiger partial charge is 0.349 e. The number of amides is 1. The molecule has 0 radical (unpaired) electrons. The predicted octanol–water partition coefficient (Wildman–Crippen LogP) is 4.63. The topological polar surface area (TPSA) is 68.0 Å². The van der Waals surface area contributed by atoms with E-state index in [4.69, 9.17) is 4.52 Å². The SMILES string of the molecule is CC(C)CC(NC(=O)CCc1nc(-c2cccs2)no1)c1ccccc1. The smallest absolute Gasteiger partial charge is 0.227 e. The highest BCUT2D eigenvalue weighted by Crippen LogP contribution is 2.23. The van der Waals surface area contributed by atoms with E-state index in [1.165, 1.54) is 0 Å². The lowest BCUT2D eigenvalue weighted by Gasteiger charge is -2.21. The monoisotopic (exact) mass is 369 g/mol. The lowest BCUT2D eigenvalue weighted by atomic mass is 9.97.